The summed E-state index contributed by atoms with van der Waals surface area (Å²) in [7, 11) is 0. The maximum Gasteiger partial charge on any atom is 0.0293 e. The van der Waals surface area contributed by atoms with Gasteiger partial charge in [-0.1, -0.05) is 67.9 Å². The molecule has 1 saturated carbocycles. The topological polar surface area (TPSA) is 12.0 Å². The van der Waals surface area contributed by atoms with Crippen molar-refractivity contribution in [3.05, 3.63) is 59.8 Å². The van der Waals surface area contributed by atoms with Gasteiger partial charge in [0.1, 0.15) is 0 Å². The van der Waals surface area contributed by atoms with Crippen LogP contribution in [0.25, 0.3) is 0 Å². The van der Waals surface area contributed by atoms with Crippen molar-refractivity contribution in [1.29, 1.82) is 0 Å². The van der Waals surface area contributed by atoms with Crippen molar-refractivity contribution < 1.29 is 0 Å². The van der Waals surface area contributed by atoms with Crippen molar-refractivity contribution in [1.82, 2.24) is 5.32 Å². The Hall–Kier alpha value is -1.34. The first-order valence-electron chi connectivity index (χ1n) is 8.81. The van der Waals surface area contributed by atoms with Crippen molar-refractivity contribution in [3.63, 3.8) is 0 Å². The second-order valence-electron chi connectivity index (χ2n) is 6.55. The molecule has 0 spiro atoms. The molecule has 0 amide bonds. The van der Waals surface area contributed by atoms with Crippen LogP contribution in [-0.4, -0.2) is 12.1 Å². The third kappa shape index (κ3) is 4.84. The van der Waals surface area contributed by atoms with E-state index < -0.39 is 0 Å². The van der Waals surface area contributed by atoms with Gasteiger partial charge in [-0.3, -0.25) is 0 Å². The van der Waals surface area contributed by atoms with E-state index in [1.54, 1.807) is 5.57 Å². The number of allylic oxidation sites excluding steroid dienone is 7. The molecule has 1 N–H and O–H groups in total. The van der Waals surface area contributed by atoms with Gasteiger partial charge in [0.25, 0.3) is 0 Å². The van der Waals surface area contributed by atoms with Gasteiger partial charge in [0.15, 0.2) is 0 Å². The zero-order valence-corrected chi connectivity index (χ0v) is 14.3. The molecule has 2 aliphatic carbocycles. The minimum atomic E-state index is 0.503. The van der Waals surface area contributed by atoms with Crippen LogP contribution in [0.5, 0.6) is 0 Å². The maximum absolute atomic E-state index is 3.87. The zero-order valence-electron chi connectivity index (χ0n) is 14.3. The van der Waals surface area contributed by atoms with Crippen molar-refractivity contribution in [2.75, 3.05) is 0 Å². The van der Waals surface area contributed by atoms with E-state index in [4.69, 9.17) is 0 Å². The van der Waals surface area contributed by atoms with Crippen LogP contribution in [0.15, 0.2) is 59.8 Å². The van der Waals surface area contributed by atoms with E-state index in [2.05, 4.69) is 56.1 Å². The molecule has 22 heavy (non-hydrogen) atoms. The van der Waals surface area contributed by atoms with Crippen LogP contribution < -0.4 is 5.32 Å². The number of hydrogen-bond donors (Lipinski definition) is 1. The second kappa shape index (κ2) is 8.95. The lowest BCUT2D eigenvalue weighted by molar-refractivity contribution is 0.352. The molecule has 2 rings (SSSR count). The minimum Gasteiger partial charge on any atom is -0.307 e. The Morgan fingerprint density at radius 1 is 1.32 bits per heavy atom. The van der Waals surface area contributed by atoms with Gasteiger partial charge < -0.3 is 5.32 Å². The normalized spacial score (nSPS) is 24.3. The molecule has 0 bridgehead atoms. The monoisotopic (exact) mass is 297 g/mol. The first-order chi connectivity index (χ1) is 10.7. The molecule has 1 atom stereocenters. The van der Waals surface area contributed by atoms with E-state index in [-0.39, 0.29) is 0 Å². The van der Waals surface area contributed by atoms with Gasteiger partial charge >= 0.3 is 0 Å². The van der Waals surface area contributed by atoms with Crippen LogP contribution >= 0.6 is 0 Å². The highest BCUT2D eigenvalue weighted by molar-refractivity contribution is 5.47. The third-order valence-corrected chi connectivity index (χ3v) is 4.79. The molecule has 2 aliphatic rings. The lowest BCUT2D eigenvalue weighted by atomic mass is 9.87. The quantitative estimate of drug-likeness (QED) is 0.494. The molecule has 0 saturated heterocycles. The first kappa shape index (κ1) is 17.0. The van der Waals surface area contributed by atoms with Gasteiger partial charge in [0, 0.05) is 12.1 Å². The number of rotatable bonds is 6. The largest absolute Gasteiger partial charge is 0.307 e. The molecule has 1 fully saturated rings. The van der Waals surface area contributed by atoms with Crippen LogP contribution in [-0.2, 0) is 0 Å². The fourth-order valence-corrected chi connectivity index (χ4v) is 3.59. The van der Waals surface area contributed by atoms with Gasteiger partial charge in [-0.25, -0.2) is 0 Å². The molecule has 0 aromatic heterocycles. The van der Waals surface area contributed by atoms with E-state index in [9.17, 15) is 0 Å². The summed E-state index contributed by atoms with van der Waals surface area (Å²) < 4.78 is 0. The molecule has 0 aliphatic heterocycles. The van der Waals surface area contributed by atoms with Gasteiger partial charge in [0.2, 0.25) is 0 Å². The third-order valence-electron chi connectivity index (χ3n) is 4.79. The minimum absolute atomic E-state index is 0.503. The lowest BCUT2D eigenvalue weighted by Crippen LogP contribution is -2.39. The lowest BCUT2D eigenvalue weighted by Gasteiger charge is -2.30. The van der Waals surface area contributed by atoms with E-state index in [0.717, 1.165) is 18.9 Å². The van der Waals surface area contributed by atoms with Crippen molar-refractivity contribution >= 4 is 0 Å². The van der Waals surface area contributed by atoms with E-state index >= 15 is 0 Å². The van der Waals surface area contributed by atoms with E-state index in [0.29, 0.717) is 6.04 Å². The maximum atomic E-state index is 3.87. The summed E-state index contributed by atoms with van der Waals surface area (Å²) in [6.07, 6.45) is 22.2. The van der Waals surface area contributed by atoms with Gasteiger partial charge in [-0.15, -0.1) is 0 Å². The summed E-state index contributed by atoms with van der Waals surface area (Å²) in [6, 6.07) is 1.22. The highest BCUT2D eigenvalue weighted by Gasteiger charge is 2.20. The summed E-state index contributed by atoms with van der Waals surface area (Å²) in [5.74, 6) is 0. The van der Waals surface area contributed by atoms with Gasteiger partial charge in [-0.2, -0.15) is 0 Å². The van der Waals surface area contributed by atoms with Crippen LogP contribution in [0.1, 0.15) is 58.8 Å². The highest BCUT2D eigenvalue weighted by Crippen LogP contribution is 2.29. The molecular formula is C21H31N. The van der Waals surface area contributed by atoms with Crippen molar-refractivity contribution in [2.45, 2.75) is 70.9 Å². The fraction of sp³-hybridized carbons (Fsp3) is 0.524. The summed E-state index contributed by atoms with van der Waals surface area (Å²) in [5.41, 5.74) is 4.27. The average molecular weight is 297 g/mol. The summed E-state index contributed by atoms with van der Waals surface area (Å²) >= 11 is 0. The molecule has 1 nitrogen and oxygen atoms in total. The molecule has 1 unspecified atom stereocenters. The van der Waals surface area contributed by atoms with Crippen LogP contribution in [0.4, 0.5) is 0 Å². The number of nitrogens with one attached hydrogen (secondary N) is 1. The number of hydrogen-bond acceptors (Lipinski definition) is 1. The van der Waals surface area contributed by atoms with E-state index in [1.165, 1.54) is 43.3 Å². The van der Waals surface area contributed by atoms with Crippen LogP contribution in [0.3, 0.4) is 0 Å². The Bertz CT molecular complexity index is 484. The highest BCUT2D eigenvalue weighted by atomic mass is 14.9. The Balaban J connectivity index is 2.07. The molecule has 0 aromatic carbocycles. The predicted molar refractivity (Wildman–Crippen MR) is 98.0 cm³/mol. The van der Waals surface area contributed by atoms with Crippen molar-refractivity contribution in [3.8, 4) is 0 Å². The fourth-order valence-electron chi connectivity index (χ4n) is 3.59. The predicted octanol–water partition coefficient (Wildman–Crippen LogP) is 5.63. The molecular weight excluding hydrogens is 266 g/mol. The molecule has 120 valence electrons. The second-order valence-corrected chi connectivity index (χ2v) is 6.55. The zero-order chi connectivity index (χ0) is 15.8. The van der Waals surface area contributed by atoms with Crippen LogP contribution in [0, 0.1) is 0 Å². The molecule has 1 heteroatoms. The SMILES string of the molecule is C=C/C=C(\C)C1=C(C/C=C/C)CC(NC2CCCCC2)C=C1. The Morgan fingerprint density at radius 3 is 2.77 bits per heavy atom. The van der Waals surface area contributed by atoms with Crippen LogP contribution in [0.2, 0.25) is 0 Å². The van der Waals surface area contributed by atoms with Crippen molar-refractivity contribution in [2.24, 2.45) is 0 Å². The molecule has 0 aromatic rings. The molecule has 0 heterocycles. The standard InChI is InChI=1S/C21H31N/c1-4-6-11-18-16-20(22-19-12-8-7-9-13-19)14-15-21(18)17(3)10-5-2/h4-6,10,14-15,19-20,22H,2,7-9,11-13,16H2,1,3H3/b6-4+,17-10+. The van der Waals surface area contributed by atoms with Gasteiger partial charge in [-0.05, 0) is 50.7 Å². The summed E-state index contributed by atoms with van der Waals surface area (Å²) in [6.45, 7) is 8.11. The average Bonchev–Trinajstić information content (AvgIpc) is 2.54. The smallest absolute Gasteiger partial charge is 0.0293 e. The Kier molecular flexibility index (Phi) is 6.92. The first-order valence-corrected chi connectivity index (χ1v) is 8.81. The Labute approximate surface area is 136 Å². The summed E-state index contributed by atoms with van der Waals surface area (Å²) in [4.78, 5) is 0. The van der Waals surface area contributed by atoms with Gasteiger partial charge in [0.05, 0.1) is 0 Å². The van der Waals surface area contributed by atoms with E-state index in [1.807, 2.05) is 6.08 Å². The molecule has 0 radical (unpaired) electrons. The summed E-state index contributed by atoms with van der Waals surface area (Å²) in [5, 5.41) is 3.87. The Morgan fingerprint density at radius 2 is 2.09 bits per heavy atom.